The Labute approximate surface area is 155 Å². The van der Waals surface area contributed by atoms with E-state index in [4.69, 9.17) is 10.2 Å². The molecule has 1 amide bonds. The number of hydrogen-bond acceptors (Lipinski definition) is 6. The topological polar surface area (TPSA) is 112 Å². The fourth-order valence-electron chi connectivity index (χ4n) is 2.79. The van der Waals surface area contributed by atoms with Gasteiger partial charge in [-0.2, -0.15) is 26.3 Å². The van der Waals surface area contributed by atoms with Crippen LogP contribution in [0.5, 0.6) is 0 Å². The van der Waals surface area contributed by atoms with E-state index in [1.165, 1.54) is 0 Å². The van der Waals surface area contributed by atoms with Gasteiger partial charge in [-0.15, -0.1) is 10.2 Å². The number of aromatic nitrogens is 5. The molecule has 4 rings (SSSR count). The van der Waals surface area contributed by atoms with Crippen LogP contribution in [0.1, 0.15) is 21.6 Å². The van der Waals surface area contributed by atoms with Gasteiger partial charge in [0.2, 0.25) is 12.3 Å². The number of primary amides is 1. The third kappa shape index (κ3) is 3.01. The standard InChI is InChI=1S/C15H6F6N6O2/c16-14(17,18)6-2-8(15(19,20)21)25-12-10(6)5(11(22)28)1-9-24-7(3-27(9)12)13-26-23-4-29-13/h1-4H,(H2,22,28). The van der Waals surface area contributed by atoms with Gasteiger partial charge in [0.1, 0.15) is 22.7 Å². The average molecular weight is 416 g/mol. The van der Waals surface area contributed by atoms with E-state index in [0.29, 0.717) is 0 Å². The molecule has 4 heterocycles. The summed E-state index contributed by atoms with van der Waals surface area (Å²) < 4.78 is 86.0. The highest BCUT2D eigenvalue weighted by Gasteiger charge is 2.41. The Morgan fingerprint density at radius 1 is 1.07 bits per heavy atom. The van der Waals surface area contributed by atoms with Gasteiger partial charge in [-0.1, -0.05) is 0 Å². The first-order valence-electron chi connectivity index (χ1n) is 7.54. The SMILES string of the molecule is NC(=O)c1cc2nc(-c3nnco3)cn2c2nc(C(F)(F)F)cc(C(F)(F)F)c12. The average Bonchev–Trinajstić information content (AvgIpc) is 3.27. The molecule has 0 atom stereocenters. The lowest BCUT2D eigenvalue weighted by atomic mass is 10.0. The molecule has 0 unspecified atom stereocenters. The summed E-state index contributed by atoms with van der Waals surface area (Å²) in [5.74, 6) is -1.45. The lowest BCUT2D eigenvalue weighted by Gasteiger charge is -2.16. The third-order valence-corrected chi connectivity index (χ3v) is 3.94. The van der Waals surface area contributed by atoms with Crippen LogP contribution in [-0.2, 0) is 12.4 Å². The molecule has 2 N–H and O–H groups in total. The zero-order valence-electron chi connectivity index (χ0n) is 13.7. The maximum atomic E-state index is 13.6. The summed E-state index contributed by atoms with van der Waals surface area (Å²) in [6.45, 7) is 0. The Morgan fingerprint density at radius 2 is 1.79 bits per heavy atom. The zero-order chi connectivity index (χ0) is 21.1. The van der Waals surface area contributed by atoms with Gasteiger partial charge >= 0.3 is 12.4 Å². The first kappa shape index (κ1) is 18.6. The van der Waals surface area contributed by atoms with Gasteiger partial charge in [-0.3, -0.25) is 9.20 Å². The molecule has 29 heavy (non-hydrogen) atoms. The first-order valence-corrected chi connectivity index (χ1v) is 7.54. The van der Waals surface area contributed by atoms with Crippen LogP contribution in [0.2, 0.25) is 0 Å². The van der Waals surface area contributed by atoms with Crippen LogP contribution in [0.25, 0.3) is 28.3 Å². The maximum Gasteiger partial charge on any atom is 0.433 e. The third-order valence-electron chi connectivity index (χ3n) is 3.94. The van der Waals surface area contributed by atoms with E-state index < -0.39 is 46.1 Å². The van der Waals surface area contributed by atoms with Crippen LogP contribution < -0.4 is 5.73 Å². The summed E-state index contributed by atoms with van der Waals surface area (Å²) in [7, 11) is 0. The van der Waals surface area contributed by atoms with E-state index in [-0.39, 0.29) is 23.3 Å². The van der Waals surface area contributed by atoms with Gasteiger partial charge in [0.05, 0.1) is 11.1 Å². The molecule has 0 spiro atoms. The fourth-order valence-corrected chi connectivity index (χ4v) is 2.79. The number of fused-ring (bicyclic) bond motifs is 3. The molecule has 0 aromatic carbocycles. The Balaban J connectivity index is 2.20. The number of nitrogens with two attached hydrogens (primary N) is 1. The molecule has 0 aliphatic rings. The van der Waals surface area contributed by atoms with Crippen molar-refractivity contribution < 1.29 is 35.6 Å². The second-order valence-corrected chi connectivity index (χ2v) is 5.77. The predicted octanol–water partition coefficient (Wildman–Crippen LogP) is 3.07. The highest BCUT2D eigenvalue weighted by atomic mass is 19.4. The Hall–Kier alpha value is -3.71. The van der Waals surface area contributed by atoms with Crippen LogP contribution in [0.3, 0.4) is 0 Å². The number of halogens is 6. The van der Waals surface area contributed by atoms with Gasteiger partial charge in [0.15, 0.2) is 0 Å². The molecular formula is C15H6F6N6O2. The Kier molecular flexibility index (Phi) is 3.79. The Bertz CT molecular complexity index is 1260. The van der Waals surface area contributed by atoms with Crippen molar-refractivity contribution in [2.75, 3.05) is 0 Å². The number of pyridine rings is 2. The molecule has 8 nitrogen and oxygen atoms in total. The van der Waals surface area contributed by atoms with Crippen molar-refractivity contribution in [2.24, 2.45) is 5.73 Å². The molecule has 14 heteroatoms. The quantitative estimate of drug-likeness (QED) is 0.503. The molecule has 150 valence electrons. The van der Waals surface area contributed by atoms with Crippen molar-refractivity contribution in [3.05, 3.63) is 41.5 Å². The van der Waals surface area contributed by atoms with Crippen molar-refractivity contribution in [3.8, 4) is 11.6 Å². The molecule has 0 saturated carbocycles. The number of imidazole rings is 1. The van der Waals surface area contributed by atoms with E-state index in [1.807, 2.05) is 0 Å². The molecule has 0 aliphatic heterocycles. The van der Waals surface area contributed by atoms with Crippen LogP contribution in [0, 0.1) is 0 Å². The van der Waals surface area contributed by atoms with E-state index in [2.05, 4.69) is 20.2 Å². The van der Waals surface area contributed by atoms with Crippen molar-refractivity contribution in [1.29, 1.82) is 0 Å². The minimum atomic E-state index is -5.23. The summed E-state index contributed by atoms with van der Waals surface area (Å²) in [6, 6.07) is 0.741. The van der Waals surface area contributed by atoms with Crippen LogP contribution >= 0.6 is 0 Å². The first-order chi connectivity index (χ1) is 13.5. The highest BCUT2D eigenvalue weighted by Crippen LogP contribution is 2.40. The molecule has 0 bridgehead atoms. The van der Waals surface area contributed by atoms with Gasteiger partial charge in [0.25, 0.3) is 5.89 Å². The van der Waals surface area contributed by atoms with E-state index in [9.17, 15) is 31.1 Å². The number of rotatable bonds is 2. The van der Waals surface area contributed by atoms with E-state index >= 15 is 0 Å². The minimum Gasteiger partial charge on any atom is -0.422 e. The fraction of sp³-hybridized carbons (Fsp3) is 0.133. The summed E-state index contributed by atoms with van der Waals surface area (Å²) >= 11 is 0. The van der Waals surface area contributed by atoms with Crippen LogP contribution in [0.4, 0.5) is 26.3 Å². The zero-order valence-corrected chi connectivity index (χ0v) is 13.7. The van der Waals surface area contributed by atoms with Gasteiger partial charge in [0, 0.05) is 11.6 Å². The van der Waals surface area contributed by atoms with Crippen molar-refractivity contribution in [2.45, 2.75) is 12.4 Å². The van der Waals surface area contributed by atoms with Crippen molar-refractivity contribution >= 4 is 22.6 Å². The van der Waals surface area contributed by atoms with E-state index in [0.717, 1.165) is 23.1 Å². The smallest absolute Gasteiger partial charge is 0.422 e. The molecule has 0 fully saturated rings. The molecule has 0 saturated heterocycles. The van der Waals surface area contributed by atoms with Crippen LogP contribution in [-0.4, -0.2) is 30.5 Å². The van der Waals surface area contributed by atoms with Crippen molar-refractivity contribution in [1.82, 2.24) is 24.6 Å². The number of nitrogens with zero attached hydrogens (tertiary/aromatic N) is 5. The lowest BCUT2D eigenvalue weighted by Crippen LogP contribution is -2.19. The molecule has 0 radical (unpaired) electrons. The molecule has 4 aromatic heterocycles. The van der Waals surface area contributed by atoms with Gasteiger partial charge in [-0.25, -0.2) is 9.97 Å². The Morgan fingerprint density at radius 3 is 2.34 bits per heavy atom. The maximum absolute atomic E-state index is 13.6. The van der Waals surface area contributed by atoms with Gasteiger partial charge in [-0.05, 0) is 12.1 Å². The second-order valence-electron chi connectivity index (χ2n) is 5.77. The summed E-state index contributed by atoms with van der Waals surface area (Å²) in [5, 5.41) is 6.10. The summed E-state index contributed by atoms with van der Waals surface area (Å²) in [5.41, 5.74) is -0.0852. The van der Waals surface area contributed by atoms with Gasteiger partial charge < -0.3 is 10.2 Å². The van der Waals surface area contributed by atoms with Crippen molar-refractivity contribution in [3.63, 3.8) is 0 Å². The molecule has 0 aliphatic carbocycles. The predicted molar refractivity (Wildman–Crippen MR) is 82.3 cm³/mol. The monoisotopic (exact) mass is 416 g/mol. The molecule has 4 aromatic rings. The lowest BCUT2D eigenvalue weighted by molar-refractivity contribution is -0.144. The van der Waals surface area contributed by atoms with Crippen LogP contribution in [0.15, 0.2) is 29.1 Å². The number of amides is 1. The number of carbonyl (C=O) groups is 1. The summed E-state index contributed by atoms with van der Waals surface area (Å²) in [6.07, 6.45) is -8.40. The number of carbonyl (C=O) groups excluding carboxylic acids is 1. The molecular weight excluding hydrogens is 410 g/mol. The van der Waals surface area contributed by atoms with E-state index in [1.54, 1.807) is 0 Å². The number of alkyl halides is 6. The number of hydrogen-bond donors (Lipinski definition) is 1. The normalized spacial score (nSPS) is 12.8. The minimum absolute atomic E-state index is 0.0572. The highest BCUT2D eigenvalue weighted by molar-refractivity contribution is 6.07. The second kappa shape index (κ2) is 5.89. The largest absolute Gasteiger partial charge is 0.433 e. The summed E-state index contributed by atoms with van der Waals surface area (Å²) in [4.78, 5) is 19.1.